The van der Waals surface area contributed by atoms with Gasteiger partial charge in [0.1, 0.15) is 0 Å². The molecule has 7 nitrogen and oxygen atoms in total. The average molecular weight is 450 g/mol. The topological polar surface area (TPSA) is 91.3 Å². The van der Waals surface area contributed by atoms with Gasteiger partial charge >= 0.3 is 0 Å². The molecule has 0 saturated heterocycles. The maximum atomic E-state index is 12.6. The summed E-state index contributed by atoms with van der Waals surface area (Å²) in [6.07, 6.45) is 5.21. The normalized spacial score (nSPS) is 10.9. The molecular formula is C27H23N5O2. The zero-order valence-corrected chi connectivity index (χ0v) is 18.6. The van der Waals surface area contributed by atoms with E-state index in [0.717, 1.165) is 39.4 Å². The molecule has 5 rings (SSSR count). The van der Waals surface area contributed by atoms with Gasteiger partial charge in [-0.15, -0.1) is 0 Å². The van der Waals surface area contributed by atoms with E-state index in [4.69, 9.17) is 0 Å². The number of imidazole rings is 1. The number of H-pyrrole nitrogens is 1. The Morgan fingerprint density at radius 1 is 1.03 bits per heavy atom. The van der Waals surface area contributed by atoms with E-state index in [1.54, 1.807) is 30.6 Å². The number of rotatable bonds is 6. The summed E-state index contributed by atoms with van der Waals surface area (Å²) in [7, 11) is 0. The van der Waals surface area contributed by atoms with Gasteiger partial charge in [-0.2, -0.15) is 0 Å². The van der Waals surface area contributed by atoms with Crippen molar-refractivity contribution in [1.29, 1.82) is 0 Å². The molecule has 2 aromatic carbocycles. The number of pyridine rings is 2. The van der Waals surface area contributed by atoms with E-state index >= 15 is 0 Å². The molecule has 0 unspecified atom stereocenters. The summed E-state index contributed by atoms with van der Waals surface area (Å²) >= 11 is 0. The lowest BCUT2D eigenvalue weighted by Crippen LogP contribution is -2.23. The Kier molecular flexibility index (Phi) is 5.66. The van der Waals surface area contributed by atoms with Crippen LogP contribution in [0.25, 0.3) is 16.9 Å². The lowest BCUT2D eigenvalue weighted by molar-refractivity contribution is 0.0951. The number of amides is 1. The highest BCUT2D eigenvalue weighted by atomic mass is 16.1. The van der Waals surface area contributed by atoms with Crippen LogP contribution in [-0.4, -0.2) is 20.3 Å². The number of nitrogens with one attached hydrogen (secondary N) is 3. The molecule has 1 amide bonds. The maximum Gasteiger partial charge on any atom is 0.251 e. The Bertz CT molecular complexity index is 1530. The first-order valence-electron chi connectivity index (χ1n) is 10.9. The molecule has 0 aliphatic rings. The SMILES string of the molecule is Cc1ccccc1CNC(=O)c1ccc(Nc2ccc(-c3cc[nH]c(=O)c3)n3ccnc23)cc1. The third-order valence-corrected chi connectivity index (χ3v) is 5.75. The quantitative estimate of drug-likeness (QED) is 0.351. The van der Waals surface area contributed by atoms with Gasteiger partial charge in [0.25, 0.3) is 5.91 Å². The first kappa shape index (κ1) is 21.2. The van der Waals surface area contributed by atoms with Crippen molar-refractivity contribution >= 4 is 22.9 Å². The number of hydrogen-bond donors (Lipinski definition) is 3. The molecule has 0 radical (unpaired) electrons. The van der Waals surface area contributed by atoms with Gasteiger partial charge in [-0.05, 0) is 60.5 Å². The van der Waals surface area contributed by atoms with Crippen LogP contribution in [0.2, 0.25) is 0 Å². The Hall–Kier alpha value is -4.65. The van der Waals surface area contributed by atoms with Crippen LogP contribution in [0.1, 0.15) is 21.5 Å². The minimum absolute atomic E-state index is 0.118. The fraction of sp³-hybridized carbons (Fsp3) is 0.0741. The first-order chi connectivity index (χ1) is 16.6. The Labute approximate surface area is 196 Å². The number of aromatic amines is 1. The summed E-state index contributed by atoms with van der Waals surface area (Å²) < 4.78 is 1.94. The fourth-order valence-electron chi connectivity index (χ4n) is 3.90. The van der Waals surface area contributed by atoms with Crippen molar-refractivity contribution in [2.75, 3.05) is 5.32 Å². The molecule has 3 heterocycles. The van der Waals surface area contributed by atoms with E-state index in [1.807, 2.05) is 72.1 Å². The Morgan fingerprint density at radius 3 is 2.65 bits per heavy atom. The largest absolute Gasteiger partial charge is 0.352 e. The predicted molar refractivity (Wildman–Crippen MR) is 133 cm³/mol. The van der Waals surface area contributed by atoms with Crippen molar-refractivity contribution in [3.63, 3.8) is 0 Å². The number of aromatic nitrogens is 3. The van der Waals surface area contributed by atoms with Gasteiger partial charge in [0.2, 0.25) is 5.56 Å². The van der Waals surface area contributed by atoms with Crippen LogP contribution in [0.5, 0.6) is 0 Å². The van der Waals surface area contributed by atoms with Gasteiger partial charge in [0.05, 0.1) is 11.4 Å². The van der Waals surface area contributed by atoms with E-state index in [-0.39, 0.29) is 11.5 Å². The number of benzene rings is 2. The molecule has 0 aliphatic carbocycles. The molecule has 0 spiro atoms. The van der Waals surface area contributed by atoms with Crippen molar-refractivity contribution in [1.82, 2.24) is 19.7 Å². The number of carbonyl (C=O) groups excluding carboxylic acids is 1. The van der Waals surface area contributed by atoms with Crippen molar-refractivity contribution in [2.24, 2.45) is 0 Å². The lowest BCUT2D eigenvalue weighted by Gasteiger charge is -2.12. The van der Waals surface area contributed by atoms with E-state index < -0.39 is 0 Å². The number of aryl methyl sites for hydroxylation is 1. The number of anilines is 2. The summed E-state index contributed by atoms with van der Waals surface area (Å²) in [6, 6.07) is 22.6. The van der Waals surface area contributed by atoms with Crippen LogP contribution in [0.4, 0.5) is 11.4 Å². The molecule has 7 heteroatoms. The molecule has 3 aromatic heterocycles. The van der Waals surface area contributed by atoms with Gasteiger partial charge in [0.15, 0.2) is 5.65 Å². The van der Waals surface area contributed by atoms with Crippen LogP contribution in [-0.2, 0) is 6.54 Å². The molecule has 0 bridgehead atoms. The van der Waals surface area contributed by atoms with E-state index in [2.05, 4.69) is 20.6 Å². The Balaban J connectivity index is 1.32. The van der Waals surface area contributed by atoms with Crippen LogP contribution >= 0.6 is 0 Å². The number of carbonyl (C=O) groups is 1. The van der Waals surface area contributed by atoms with Crippen molar-refractivity contribution in [3.8, 4) is 11.3 Å². The van der Waals surface area contributed by atoms with E-state index in [1.165, 1.54) is 0 Å². The summed E-state index contributed by atoms with van der Waals surface area (Å²) in [6.45, 7) is 2.52. The maximum absolute atomic E-state index is 12.6. The van der Waals surface area contributed by atoms with Gasteiger partial charge < -0.3 is 15.6 Å². The third-order valence-electron chi connectivity index (χ3n) is 5.75. The molecule has 0 saturated carbocycles. The van der Waals surface area contributed by atoms with Gasteiger partial charge in [0, 0.05) is 48.0 Å². The molecule has 0 fully saturated rings. The monoisotopic (exact) mass is 449 g/mol. The molecule has 5 aromatic rings. The minimum atomic E-state index is -0.156. The zero-order chi connectivity index (χ0) is 23.5. The second kappa shape index (κ2) is 9.07. The van der Waals surface area contributed by atoms with Gasteiger partial charge in [-0.25, -0.2) is 4.98 Å². The zero-order valence-electron chi connectivity index (χ0n) is 18.6. The molecule has 168 valence electrons. The fourth-order valence-corrected chi connectivity index (χ4v) is 3.90. The molecule has 0 aliphatic heterocycles. The lowest BCUT2D eigenvalue weighted by atomic mass is 10.1. The highest BCUT2D eigenvalue weighted by Crippen LogP contribution is 2.27. The second-order valence-corrected chi connectivity index (χ2v) is 8.01. The minimum Gasteiger partial charge on any atom is -0.352 e. The Morgan fingerprint density at radius 2 is 1.85 bits per heavy atom. The van der Waals surface area contributed by atoms with Crippen molar-refractivity contribution in [3.05, 3.63) is 118 Å². The number of fused-ring (bicyclic) bond motifs is 1. The highest BCUT2D eigenvalue weighted by molar-refractivity contribution is 5.94. The van der Waals surface area contributed by atoms with Gasteiger partial charge in [-0.3, -0.25) is 14.0 Å². The summed E-state index contributed by atoms with van der Waals surface area (Å²) in [5, 5.41) is 6.35. The summed E-state index contributed by atoms with van der Waals surface area (Å²) in [4.78, 5) is 31.4. The predicted octanol–water partition coefficient (Wildman–Crippen LogP) is 4.67. The third kappa shape index (κ3) is 4.31. The van der Waals surface area contributed by atoms with Crippen molar-refractivity contribution in [2.45, 2.75) is 13.5 Å². The van der Waals surface area contributed by atoms with Crippen LogP contribution in [0, 0.1) is 6.92 Å². The highest BCUT2D eigenvalue weighted by Gasteiger charge is 2.11. The summed E-state index contributed by atoms with van der Waals surface area (Å²) in [5.41, 5.74) is 6.74. The summed E-state index contributed by atoms with van der Waals surface area (Å²) in [5.74, 6) is -0.118. The van der Waals surface area contributed by atoms with Crippen molar-refractivity contribution < 1.29 is 4.79 Å². The van der Waals surface area contributed by atoms with Gasteiger partial charge in [-0.1, -0.05) is 24.3 Å². The first-order valence-corrected chi connectivity index (χ1v) is 10.9. The van der Waals surface area contributed by atoms with E-state index in [9.17, 15) is 9.59 Å². The number of hydrogen-bond acceptors (Lipinski definition) is 4. The molecule has 3 N–H and O–H groups in total. The van der Waals surface area contributed by atoms with E-state index in [0.29, 0.717) is 12.1 Å². The smallest absolute Gasteiger partial charge is 0.251 e. The van der Waals surface area contributed by atoms with Crippen LogP contribution in [0.15, 0.2) is 96.2 Å². The van der Waals surface area contributed by atoms with Crippen LogP contribution < -0.4 is 16.2 Å². The number of nitrogens with zero attached hydrogens (tertiary/aromatic N) is 2. The second-order valence-electron chi connectivity index (χ2n) is 8.01. The molecular weight excluding hydrogens is 426 g/mol. The average Bonchev–Trinajstić information content (AvgIpc) is 3.34. The molecule has 34 heavy (non-hydrogen) atoms. The van der Waals surface area contributed by atoms with Crippen LogP contribution in [0.3, 0.4) is 0 Å². The molecule has 0 atom stereocenters. The standard InChI is InChI=1S/C27H23N5O2/c1-18-4-2-3-5-21(18)17-30-27(34)19-6-8-22(9-7-19)31-23-10-11-24(32-15-14-29-26(23)32)20-12-13-28-25(33)16-20/h2-16,31H,17H2,1H3,(H,28,33)(H,30,34).